The Morgan fingerprint density at radius 2 is 1.61 bits per heavy atom. The number of alkyl halides is 3. The number of hydrogen-bond acceptors (Lipinski definition) is 3. The molecule has 0 spiro atoms. The van der Waals surface area contributed by atoms with E-state index in [1.54, 1.807) is 30.3 Å². The van der Waals surface area contributed by atoms with Gasteiger partial charge in [-0.3, -0.25) is 4.79 Å². The molecule has 0 saturated heterocycles. The van der Waals surface area contributed by atoms with Crippen molar-refractivity contribution in [2.24, 2.45) is 0 Å². The highest BCUT2D eigenvalue weighted by Gasteiger charge is 2.32. The van der Waals surface area contributed by atoms with E-state index in [4.69, 9.17) is 11.6 Å². The van der Waals surface area contributed by atoms with Gasteiger partial charge in [0.15, 0.2) is 0 Å². The first-order chi connectivity index (χ1) is 15.5. The molecule has 0 aliphatic heterocycles. The van der Waals surface area contributed by atoms with Crippen molar-refractivity contribution in [1.29, 1.82) is 0 Å². The second-order valence-electron chi connectivity index (χ2n) is 7.00. The van der Waals surface area contributed by atoms with Crippen molar-refractivity contribution >= 4 is 33.2 Å². The number of rotatable bonds is 7. The van der Waals surface area contributed by atoms with E-state index in [2.05, 4.69) is 10.0 Å². The molecule has 0 heterocycles. The lowest BCUT2D eigenvalue weighted by Crippen LogP contribution is -2.45. The third-order valence-corrected chi connectivity index (χ3v) is 6.39. The van der Waals surface area contributed by atoms with E-state index in [9.17, 15) is 30.8 Å². The zero-order valence-electron chi connectivity index (χ0n) is 16.7. The minimum absolute atomic E-state index is 0.107. The maximum absolute atomic E-state index is 13.2. The van der Waals surface area contributed by atoms with Crippen molar-refractivity contribution in [2.45, 2.75) is 23.5 Å². The number of benzene rings is 3. The van der Waals surface area contributed by atoms with E-state index in [0.29, 0.717) is 11.6 Å². The summed E-state index contributed by atoms with van der Waals surface area (Å²) in [5, 5.41) is 2.11. The standard InChI is InChI=1S/C22H17ClF4N2O3S/c23-18-11-6-15(22(25,26)27)13-19(18)28-21(30)20(12-14-4-2-1-3-5-14)29-33(31,32)17-9-7-16(24)8-10-17/h1-11,13,20,29H,12H2,(H,28,30)/t20-/m0/s1. The van der Waals surface area contributed by atoms with Crippen LogP contribution in [-0.2, 0) is 27.4 Å². The number of anilines is 1. The molecule has 3 aromatic carbocycles. The van der Waals surface area contributed by atoms with Gasteiger partial charge in [0.2, 0.25) is 15.9 Å². The summed E-state index contributed by atoms with van der Waals surface area (Å²) in [4.78, 5) is 12.7. The maximum Gasteiger partial charge on any atom is 0.416 e. The molecule has 0 bridgehead atoms. The van der Waals surface area contributed by atoms with E-state index in [1.807, 2.05) is 0 Å². The van der Waals surface area contributed by atoms with Crippen molar-refractivity contribution in [3.63, 3.8) is 0 Å². The number of halogens is 5. The average Bonchev–Trinajstić information content (AvgIpc) is 2.75. The highest BCUT2D eigenvalue weighted by molar-refractivity contribution is 7.89. The maximum atomic E-state index is 13.2. The van der Waals surface area contributed by atoms with E-state index in [0.717, 1.165) is 36.4 Å². The van der Waals surface area contributed by atoms with Gasteiger partial charge in [0.25, 0.3) is 0 Å². The van der Waals surface area contributed by atoms with Crippen LogP contribution in [0.3, 0.4) is 0 Å². The highest BCUT2D eigenvalue weighted by Crippen LogP contribution is 2.34. The van der Waals surface area contributed by atoms with Gasteiger partial charge in [0.05, 0.1) is 21.2 Å². The minimum Gasteiger partial charge on any atom is -0.323 e. The van der Waals surface area contributed by atoms with Crippen molar-refractivity contribution in [3.8, 4) is 0 Å². The number of carbonyl (C=O) groups is 1. The monoisotopic (exact) mass is 500 g/mol. The molecule has 0 aliphatic rings. The Kier molecular flexibility index (Phi) is 7.41. The second kappa shape index (κ2) is 9.90. The van der Waals surface area contributed by atoms with Crippen molar-refractivity contribution in [2.75, 3.05) is 5.32 Å². The predicted octanol–water partition coefficient (Wildman–Crippen LogP) is 5.03. The molecule has 0 saturated carbocycles. The first-order valence-electron chi connectivity index (χ1n) is 9.45. The number of carbonyl (C=O) groups excluding carboxylic acids is 1. The Morgan fingerprint density at radius 1 is 0.970 bits per heavy atom. The molecule has 0 aromatic heterocycles. The second-order valence-corrected chi connectivity index (χ2v) is 9.12. The summed E-state index contributed by atoms with van der Waals surface area (Å²) < 4.78 is 80.1. The Labute approximate surface area is 192 Å². The molecular weight excluding hydrogens is 484 g/mol. The van der Waals surface area contributed by atoms with Gasteiger partial charge in [0.1, 0.15) is 11.9 Å². The zero-order valence-corrected chi connectivity index (χ0v) is 18.3. The first kappa shape index (κ1) is 24.7. The smallest absolute Gasteiger partial charge is 0.323 e. The fourth-order valence-corrected chi connectivity index (χ4v) is 4.28. The highest BCUT2D eigenvalue weighted by atomic mass is 35.5. The van der Waals surface area contributed by atoms with Crippen LogP contribution in [0.15, 0.2) is 77.7 Å². The summed E-state index contributed by atoms with van der Waals surface area (Å²) >= 11 is 5.94. The molecule has 33 heavy (non-hydrogen) atoms. The number of nitrogens with one attached hydrogen (secondary N) is 2. The molecule has 1 amide bonds. The van der Waals surface area contributed by atoms with Crippen LogP contribution in [-0.4, -0.2) is 20.4 Å². The fourth-order valence-electron chi connectivity index (χ4n) is 2.92. The van der Waals surface area contributed by atoms with Crippen LogP contribution in [0.5, 0.6) is 0 Å². The lowest BCUT2D eigenvalue weighted by atomic mass is 10.1. The molecule has 0 radical (unpaired) electrons. The Hall–Kier alpha value is -2.95. The zero-order chi connectivity index (χ0) is 24.2. The largest absolute Gasteiger partial charge is 0.416 e. The van der Waals surface area contributed by atoms with Crippen molar-refractivity contribution < 1.29 is 30.8 Å². The molecule has 0 unspecified atom stereocenters. The Bertz CT molecular complexity index is 1230. The average molecular weight is 501 g/mol. The SMILES string of the molecule is O=C(Nc1cc(C(F)(F)F)ccc1Cl)[C@H](Cc1ccccc1)NS(=O)(=O)c1ccc(F)cc1. The summed E-state index contributed by atoms with van der Waals surface area (Å²) in [5.74, 6) is -1.57. The van der Waals surface area contributed by atoms with Crippen molar-refractivity contribution in [3.05, 3.63) is 94.8 Å². The lowest BCUT2D eigenvalue weighted by Gasteiger charge is -2.20. The van der Waals surface area contributed by atoms with Crippen LogP contribution in [0.1, 0.15) is 11.1 Å². The molecule has 174 valence electrons. The molecule has 11 heteroatoms. The topological polar surface area (TPSA) is 75.3 Å². The van der Waals surface area contributed by atoms with Crippen LogP contribution < -0.4 is 10.0 Å². The van der Waals surface area contributed by atoms with Crippen molar-refractivity contribution in [1.82, 2.24) is 4.72 Å². The van der Waals surface area contributed by atoms with Gasteiger partial charge in [-0.2, -0.15) is 17.9 Å². The molecular formula is C22H17ClF4N2O3S. The summed E-state index contributed by atoms with van der Waals surface area (Å²) in [6.45, 7) is 0. The van der Waals surface area contributed by atoms with E-state index in [1.165, 1.54) is 0 Å². The van der Waals surface area contributed by atoms with Gasteiger partial charge in [-0.25, -0.2) is 12.8 Å². The fraction of sp³-hybridized carbons (Fsp3) is 0.136. The van der Waals surface area contributed by atoms with Crippen LogP contribution in [0.25, 0.3) is 0 Å². The number of sulfonamides is 1. The molecule has 1 atom stereocenters. The molecule has 3 aromatic rings. The van der Waals surface area contributed by atoms with E-state index in [-0.39, 0.29) is 22.0 Å². The third-order valence-electron chi connectivity index (χ3n) is 4.57. The van der Waals surface area contributed by atoms with Gasteiger partial charge in [-0.1, -0.05) is 41.9 Å². The molecule has 0 fully saturated rings. The Balaban J connectivity index is 1.91. The van der Waals surface area contributed by atoms with Crippen LogP contribution in [0, 0.1) is 5.82 Å². The molecule has 0 aliphatic carbocycles. The first-order valence-corrected chi connectivity index (χ1v) is 11.3. The lowest BCUT2D eigenvalue weighted by molar-refractivity contribution is -0.137. The number of hydrogen-bond donors (Lipinski definition) is 2. The summed E-state index contributed by atoms with van der Waals surface area (Å²) in [5.41, 5.74) is -0.765. The summed E-state index contributed by atoms with van der Waals surface area (Å²) in [7, 11) is -4.27. The van der Waals surface area contributed by atoms with Gasteiger partial charge in [-0.05, 0) is 54.4 Å². The minimum atomic E-state index is -4.67. The molecule has 2 N–H and O–H groups in total. The normalized spacial score (nSPS) is 12.9. The van der Waals surface area contributed by atoms with Gasteiger partial charge in [0, 0.05) is 0 Å². The molecule has 5 nitrogen and oxygen atoms in total. The Morgan fingerprint density at radius 3 is 2.21 bits per heavy atom. The number of amides is 1. The van der Waals surface area contributed by atoms with Crippen LogP contribution in [0.4, 0.5) is 23.2 Å². The van der Waals surface area contributed by atoms with Gasteiger partial charge < -0.3 is 5.32 Å². The van der Waals surface area contributed by atoms with E-state index >= 15 is 0 Å². The van der Waals surface area contributed by atoms with Gasteiger partial charge >= 0.3 is 6.18 Å². The van der Waals surface area contributed by atoms with Crippen LogP contribution in [0.2, 0.25) is 5.02 Å². The van der Waals surface area contributed by atoms with Crippen LogP contribution >= 0.6 is 11.6 Å². The van der Waals surface area contributed by atoms with E-state index < -0.39 is 39.5 Å². The summed E-state index contributed by atoms with van der Waals surface area (Å²) in [6, 6.07) is 13.3. The predicted molar refractivity (Wildman–Crippen MR) is 116 cm³/mol. The third kappa shape index (κ3) is 6.53. The molecule has 3 rings (SSSR count). The summed E-state index contributed by atoms with van der Waals surface area (Å²) in [6.07, 6.45) is -4.78. The quantitative estimate of drug-likeness (QED) is 0.447. The van der Waals surface area contributed by atoms with Gasteiger partial charge in [-0.15, -0.1) is 0 Å².